The van der Waals surface area contributed by atoms with Crippen LogP contribution < -0.4 is 9.64 Å². The van der Waals surface area contributed by atoms with Gasteiger partial charge >= 0.3 is 0 Å². The number of likely N-dealkylation sites (tertiary alicyclic amines) is 2. The molecule has 3 saturated heterocycles. The lowest BCUT2D eigenvalue weighted by Crippen LogP contribution is -2.47. The van der Waals surface area contributed by atoms with Crippen LogP contribution in [0.5, 0.6) is 5.75 Å². The van der Waals surface area contributed by atoms with E-state index in [1.807, 2.05) is 89.8 Å². The van der Waals surface area contributed by atoms with Gasteiger partial charge in [-0.3, -0.25) is 24.4 Å². The summed E-state index contributed by atoms with van der Waals surface area (Å²) in [5.74, 6) is 2.19. The summed E-state index contributed by atoms with van der Waals surface area (Å²) in [6.45, 7) is 4.32. The molecule has 11 nitrogen and oxygen atoms in total. The van der Waals surface area contributed by atoms with E-state index in [2.05, 4.69) is 70.5 Å². The molecule has 7 aromatic rings. The van der Waals surface area contributed by atoms with Gasteiger partial charge in [-0.25, -0.2) is 0 Å². The molecule has 0 saturated carbocycles. The van der Waals surface area contributed by atoms with Crippen LogP contribution in [0.25, 0.3) is 21.5 Å². The third-order valence-electron chi connectivity index (χ3n) is 14.9. The fraction of sp³-hybridized carbons (Fsp3) is 0.295. The number of ketones is 2. The highest BCUT2D eigenvalue weighted by Gasteiger charge is 2.42. The molecule has 5 aliphatic rings. The molecule has 0 aromatic heterocycles. The summed E-state index contributed by atoms with van der Waals surface area (Å²) in [6.07, 6.45) is 3.88. The number of amidine groups is 2. The van der Waals surface area contributed by atoms with Gasteiger partial charge in [0, 0.05) is 92.3 Å². The van der Waals surface area contributed by atoms with E-state index < -0.39 is 17.9 Å². The maximum absolute atomic E-state index is 14.5. The van der Waals surface area contributed by atoms with Gasteiger partial charge in [0.15, 0.2) is 11.6 Å². The number of methoxy groups -OCH3 is 1. The van der Waals surface area contributed by atoms with Gasteiger partial charge in [0.25, 0.3) is 5.91 Å². The number of hydrogen-bond acceptors (Lipinski definition) is 10. The van der Waals surface area contributed by atoms with Crippen molar-refractivity contribution in [1.82, 2.24) is 9.80 Å². The van der Waals surface area contributed by atoms with Crippen LogP contribution in [0.1, 0.15) is 59.1 Å². The molecule has 0 bridgehead atoms. The van der Waals surface area contributed by atoms with E-state index in [9.17, 15) is 14.4 Å². The third-order valence-corrected chi connectivity index (χ3v) is 15.4. The summed E-state index contributed by atoms with van der Waals surface area (Å²) in [4.78, 5) is 56.0. The zero-order valence-electron chi connectivity index (χ0n) is 41.8. The molecule has 2 unspecified atom stereocenters. The van der Waals surface area contributed by atoms with Crippen molar-refractivity contribution in [2.45, 2.75) is 69.4 Å². The molecule has 5 heterocycles. The van der Waals surface area contributed by atoms with E-state index >= 15 is 0 Å². The molecular formula is C61H58Cl3N5O6. The lowest BCUT2D eigenvalue weighted by molar-refractivity contribution is -0.180. The summed E-state index contributed by atoms with van der Waals surface area (Å²) >= 11 is 12.9. The highest BCUT2D eigenvalue weighted by molar-refractivity contribution is 6.31. The van der Waals surface area contributed by atoms with Crippen molar-refractivity contribution in [2.24, 2.45) is 9.98 Å². The zero-order valence-corrected chi connectivity index (χ0v) is 44.1. The smallest absolute Gasteiger partial charge is 0.252 e. The molecule has 0 aliphatic carbocycles. The predicted molar refractivity (Wildman–Crippen MR) is 300 cm³/mol. The third kappa shape index (κ3) is 11.5. The molecule has 384 valence electrons. The number of benzodiazepines with no additional fused rings is 1. The Morgan fingerprint density at radius 2 is 1.13 bits per heavy atom. The van der Waals surface area contributed by atoms with Crippen molar-refractivity contribution in [3.8, 4) is 5.75 Å². The van der Waals surface area contributed by atoms with Gasteiger partial charge in [0.05, 0.1) is 32.6 Å². The number of Topliss-reactive ketones (excluding diaryl/α,β-unsaturated/α-hetero) is 2. The number of amides is 1. The van der Waals surface area contributed by atoms with Gasteiger partial charge in [-0.1, -0.05) is 126 Å². The van der Waals surface area contributed by atoms with Crippen molar-refractivity contribution < 1.29 is 28.6 Å². The Hall–Kier alpha value is -6.60. The van der Waals surface area contributed by atoms with Crippen molar-refractivity contribution in [2.75, 3.05) is 51.4 Å². The average molecular weight is 1060 g/mol. The Balaban J connectivity index is 0.000000178. The van der Waals surface area contributed by atoms with Crippen LogP contribution in [-0.2, 0) is 49.7 Å². The van der Waals surface area contributed by atoms with Gasteiger partial charge in [0.1, 0.15) is 35.3 Å². The minimum atomic E-state index is -0.615. The molecule has 1 amide bonds. The molecule has 12 rings (SSSR count). The number of nitrogens with zero attached hydrogens (tertiary/aromatic N) is 5. The van der Waals surface area contributed by atoms with Crippen LogP contribution in [0.15, 0.2) is 156 Å². The summed E-state index contributed by atoms with van der Waals surface area (Å²) in [7, 11) is 1.65. The Bertz CT molecular complexity index is 3320. The van der Waals surface area contributed by atoms with E-state index in [0.717, 1.165) is 80.1 Å². The van der Waals surface area contributed by atoms with Crippen LogP contribution >= 0.6 is 35.6 Å². The highest BCUT2D eigenvalue weighted by Crippen LogP contribution is 2.37. The largest absolute Gasteiger partial charge is 0.497 e. The summed E-state index contributed by atoms with van der Waals surface area (Å²) in [5.41, 5.74) is 6.69. The van der Waals surface area contributed by atoms with Crippen molar-refractivity contribution in [3.63, 3.8) is 0 Å². The van der Waals surface area contributed by atoms with Crippen LogP contribution in [-0.4, -0.2) is 103 Å². The van der Waals surface area contributed by atoms with Crippen molar-refractivity contribution in [1.29, 1.82) is 0 Å². The van der Waals surface area contributed by atoms with E-state index in [-0.39, 0.29) is 29.9 Å². The van der Waals surface area contributed by atoms with Gasteiger partial charge < -0.3 is 28.9 Å². The van der Waals surface area contributed by atoms with Crippen molar-refractivity contribution in [3.05, 3.63) is 189 Å². The number of carbonyl (C=O) groups is 3. The Kier molecular flexibility index (Phi) is 15.7. The summed E-state index contributed by atoms with van der Waals surface area (Å²) < 4.78 is 17.4. The van der Waals surface area contributed by atoms with Gasteiger partial charge in [-0.05, 0) is 86.3 Å². The van der Waals surface area contributed by atoms with Crippen LogP contribution in [0.2, 0.25) is 10.0 Å². The normalized spacial score (nSPS) is 19.3. The fourth-order valence-corrected chi connectivity index (χ4v) is 11.2. The summed E-state index contributed by atoms with van der Waals surface area (Å²) in [6, 6.07) is 47.4. The molecule has 1 spiro atoms. The molecule has 75 heavy (non-hydrogen) atoms. The second-order valence-electron chi connectivity index (χ2n) is 19.7. The minimum absolute atomic E-state index is 0. The number of piperidine rings is 2. The standard InChI is InChI=1S/C35H34ClN3O4.C26H23ClN2O2.ClH/c1-41-29-11-7-24(8-12-29)23-39-32-13-10-28(36)22-30(32)33(38-16-14-35(15-17-38)42-18-19-43-35)37-31(34(39)40)21-25-6-9-26-4-2-3-5-27(26)20-25;27-21-8-7-20-15-25(31)24(14-17-5-6-18-3-1-2-4-19(18)13-17)28-26(23(20)16-21)29-11-9-22(30)10-12-29;/h2-13,20,22,31H,14-19,21,23H2,1H3;1-8,13,16,24H,9-12,14-15H2;1H. The maximum atomic E-state index is 14.5. The topological polar surface area (TPSA) is 113 Å². The molecule has 3 fully saturated rings. The van der Waals surface area contributed by atoms with E-state index in [4.69, 9.17) is 47.4 Å². The Labute approximate surface area is 453 Å². The molecule has 14 heteroatoms. The first-order valence-electron chi connectivity index (χ1n) is 25.5. The maximum Gasteiger partial charge on any atom is 0.252 e. The molecule has 5 aliphatic heterocycles. The van der Waals surface area contributed by atoms with Gasteiger partial charge in [-0.2, -0.15) is 0 Å². The van der Waals surface area contributed by atoms with E-state index in [0.29, 0.717) is 88.1 Å². The summed E-state index contributed by atoms with van der Waals surface area (Å²) in [5, 5.41) is 5.89. The zero-order chi connectivity index (χ0) is 50.8. The number of benzene rings is 7. The molecule has 7 aromatic carbocycles. The Morgan fingerprint density at radius 1 is 0.600 bits per heavy atom. The van der Waals surface area contributed by atoms with Crippen LogP contribution in [0, 0.1) is 0 Å². The first-order valence-corrected chi connectivity index (χ1v) is 26.3. The van der Waals surface area contributed by atoms with Gasteiger partial charge in [-0.15, -0.1) is 12.4 Å². The van der Waals surface area contributed by atoms with E-state index in [1.165, 1.54) is 10.8 Å². The van der Waals surface area contributed by atoms with E-state index in [1.54, 1.807) is 7.11 Å². The average Bonchev–Trinajstić information content (AvgIpc) is 3.80. The number of aliphatic imine (C=N–C) groups is 2. The number of fused-ring (bicyclic) bond motifs is 4. The van der Waals surface area contributed by atoms with Gasteiger partial charge in [0.2, 0.25) is 0 Å². The fourth-order valence-electron chi connectivity index (χ4n) is 10.9. The number of rotatable bonds is 7. The van der Waals surface area contributed by atoms with Crippen LogP contribution in [0.3, 0.4) is 0 Å². The monoisotopic (exact) mass is 1060 g/mol. The molecule has 0 radical (unpaired) electrons. The number of halogens is 3. The van der Waals surface area contributed by atoms with Crippen LogP contribution in [0.4, 0.5) is 5.69 Å². The number of hydrogen-bond donors (Lipinski definition) is 0. The number of ether oxygens (including phenoxy) is 3. The molecular weight excluding hydrogens is 1010 g/mol. The first-order chi connectivity index (χ1) is 36.1. The quantitative estimate of drug-likeness (QED) is 0.155. The second-order valence-corrected chi connectivity index (χ2v) is 20.6. The lowest BCUT2D eigenvalue weighted by Gasteiger charge is -2.39. The van der Waals surface area contributed by atoms with Crippen molar-refractivity contribution >= 4 is 92.0 Å². The molecule has 2 atom stereocenters. The second kappa shape index (κ2) is 22.7. The number of anilines is 1. The molecule has 0 N–H and O–H groups in total. The highest BCUT2D eigenvalue weighted by atomic mass is 35.5. The lowest BCUT2D eigenvalue weighted by atomic mass is 9.96. The Morgan fingerprint density at radius 3 is 1.76 bits per heavy atom. The SMILES string of the molecule is COc1ccc(CN2C(=O)C(Cc3ccc4ccccc4c3)N=C(N3CCC4(CC3)OCCO4)c3cc(Cl)ccc32)cc1.Cl.O=C1CCN(C2=NC(Cc3ccc4ccccc4c3)C(=O)Cc3ccc(Cl)cc32)CC1. The minimum Gasteiger partial charge on any atom is -0.497 e. The first kappa shape index (κ1) is 51.9. The number of carbonyl (C=O) groups excluding carboxylic acids is 3. The predicted octanol–water partition coefficient (Wildman–Crippen LogP) is 11.3.